The van der Waals surface area contributed by atoms with Crippen LogP contribution in [0.25, 0.3) is 0 Å². The van der Waals surface area contributed by atoms with Gasteiger partial charge in [-0.3, -0.25) is 14.9 Å². The van der Waals surface area contributed by atoms with E-state index in [0.29, 0.717) is 10.6 Å². The number of carbonyl (C=O) groups excluding carboxylic acids is 1. The van der Waals surface area contributed by atoms with Gasteiger partial charge in [0, 0.05) is 23.2 Å². The van der Waals surface area contributed by atoms with E-state index < -0.39 is 10.8 Å². The number of non-ortho nitro benzene ring substituents is 1. The van der Waals surface area contributed by atoms with Crippen LogP contribution in [0.15, 0.2) is 23.2 Å². The number of fused-ring (bicyclic) bond motifs is 1. The van der Waals surface area contributed by atoms with Crippen molar-refractivity contribution in [1.29, 1.82) is 0 Å². The third-order valence-electron chi connectivity index (χ3n) is 3.92. The second-order valence-corrected chi connectivity index (χ2v) is 6.58. The van der Waals surface area contributed by atoms with Crippen LogP contribution in [0.2, 0.25) is 0 Å². The Morgan fingerprint density at radius 3 is 2.79 bits per heavy atom. The van der Waals surface area contributed by atoms with E-state index in [-0.39, 0.29) is 17.0 Å². The number of rotatable bonds is 4. The number of thiophene rings is 1. The van der Waals surface area contributed by atoms with Crippen LogP contribution in [0.4, 0.5) is 10.7 Å². The summed E-state index contributed by atoms with van der Waals surface area (Å²) in [7, 11) is 0. The molecule has 0 saturated heterocycles. The molecule has 0 radical (unpaired) electrons. The summed E-state index contributed by atoms with van der Waals surface area (Å²) in [5.41, 5.74) is 6.77. The Labute approximate surface area is 141 Å². The molecule has 1 aliphatic rings. The lowest BCUT2D eigenvalue weighted by atomic mass is 9.95. The molecule has 0 bridgehead atoms. The minimum absolute atomic E-state index is 0.103. The Morgan fingerprint density at radius 2 is 2.08 bits per heavy atom. The van der Waals surface area contributed by atoms with Crippen molar-refractivity contribution in [3.8, 4) is 5.75 Å². The second-order valence-electron chi connectivity index (χ2n) is 5.49. The summed E-state index contributed by atoms with van der Waals surface area (Å²) in [5, 5.41) is 23.1. The number of aryl methyl sites for hydroxylation is 1. The third-order valence-corrected chi connectivity index (χ3v) is 5.12. The number of nitrogens with zero attached hydrogens (tertiary/aromatic N) is 2. The molecule has 1 aliphatic carbocycles. The highest BCUT2D eigenvalue weighted by Crippen LogP contribution is 2.39. The molecule has 1 amide bonds. The number of carbonyl (C=O) groups is 1. The van der Waals surface area contributed by atoms with Crippen molar-refractivity contribution in [1.82, 2.24) is 0 Å². The van der Waals surface area contributed by atoms with Crippen LogP contribution in [-0.4, -0.2) is 17.0 Å². The van der Waals surface area contributed by atoms with E-state index in [2.05, 4.69) is 4.99 Å². The van der Waals surface area contributed by atoms with Gasteiger partial charge in [-0.05, 0) is 36.8 Å². The van der Waals surface area contributed by atoms with Crippen molar-refractivity contribution in [2.24, 2.45) is 10.7 Å². The van der Waals surface area contributed by atoms with Crippen molar-refractivity contribution in [3.05, 3.63) is 49.9 Å². The predicted octanol–water partition coefficient (Wildman–Crippen LogP) is 2.46. The van der Waals surface area contributed by atoms with Gasteiger partial charge >= 0.3 is 0 Å². The number of nitro benzene ring substituents is 1. The lowest BCUT2D eigenvalue weighted by Crippen LogP contribution is -2.14. The number of nitro groups is 1. The summed E-state index contributed by atoms with van der Waals surface area (Å²) in [4.78, 5) is 27.4. The SMILES string of the molecule is NC(=O)c1c(N=Cc2cc([N+](=O)[O-])ccc2[O-])sc2c1CCCC2. The van der Waals surface area contributed by atoms with Crippen molar-refractivity contribution in [3.63, 3.8) is 0 Å². The summed E-state index contributed by atoms with van der Waals surface area (Å²) in [6, 6.07) is 3.45. The van der Waals surface area contributed by atoms with Gasteiger partial charge in [0.05, 0.1) is 10.5 Å². The first-order valence-electron chi connectivity index (χ1n) is 7.41. The Kier molecular flexibility index (Phi) is 4.30. The molecule has 124 valence electrons. The summed E-state index contributed by atoms with van der Waals surface area (Å²) in [6.45, 7) is 0. The monoisotopic (exact) mass is 344 g/mol. The zero-order valence-electron chi connectivity index (χ0n) is 12.7. The maximum Gasteiger partial charge on any atom is 0.270 e. The van der Waals surface area contributed by atoms with Gasteiger partial charge < -0.3 is 10.8 Å². The molecule has 0 fully saturated rings. The van der Waals surface area contributed by atoms with Crippen LogP contribution in [0.5, 0.6) is 5.75 Å². The average Bonchev–Trinajstić information content (AvgIpc) is 2.92. The van der Waals surface area contributed by atoms with E-state index in [0.717, 1.165) is 48.3 Å². The molecule has 0 saturated carbocycles. The normalized spacial score (nSPS) is 13.8. The second kappa shape index (κ2) is 6.40. The third kappa shape index (κ3) is 3.00. The molecule has 1 heterocycles. The van der Waals surface area contributed by atoms with E-state index in [1.54, 1.807) is 0 Å². The van der Waals surface area contributed by atoms with E-state index in [1.165, 1.54) is 23.6 Å². The van der Waals surface area contributed by atoms with Crippen molar-refractivity contribution < 1.29 is 14.8 Å². The molecule has 0 aliphatic heterocycles. The zero-order chi connectivity index (χ0) is 17.3. The van der Waals surface area contributed by atoms with E-state index in [4.69, 9.17) is 5.73 Å². The van der Waals surface area contributed by atoms with Crippen molar-refractivity contribution in [2.45, 2.75) is 25.7 Å². The number of primary amides is 1. The van der Waals surface area contributed by atoms with Gasteiger partial charge in [-0.2, -0.15) is 0 Å². The molecule has 0 atom stereocenters. The Morgan fingerprint density at radius 1 is 1.33 bits per heavy atom. The van der Waals surface area contributed by atoms with Gasteiger partial charge in [-0.15, -0.1) is 11.3 Å². The van der Waals surface area contributed by atoms with Crippen molar-refractivity contribution in [2.75, 3.05) is 0 Å². The van der Waals surface area contributed by atoms with Gasteiger partial charge in [0.2, 0.25) is 0 Å². The summed E-state index contributed by atoms with van der Waals surface area (Å²) in [5.74, 6) is -0.908. The Bertz CT molecular complexity index is 857. The largest absolute Gasteiger partial charge is 0.872 e. The Hall–Kier alpha value is -2.74. The van der Waals surface area contributed by atoms with Crippen LogP contribution >= 0.6 is 11.3 Å². The zero-order valence-corrected chi connectivity index (χ0v) is 13.5. The fourth-order valence-corrected chi connectivity index (χ4v) is 4.01. The molecule has 3 rings (SSSR count). The lowest BCUT2D eigenvalue weighted by molar-refractivity contribution is -0.385. The maximum absolute atomic E-state index is 11.8. The minimum atomic E-state index is -0.574. The van der Waals surface area contributed by atoms with Gasteiger partial charge in [-0.1, -0.05) is 11.8 Å². The number of hydrogen-bond donors (Lipinski definition) is 1. The first kappa shape index (κ1) is 16.1. The molecule has 2 aromatic rings. The highest BCUT2D eigenvalue weighted by molar-refractivity contribution is 7.16. The molecule has 1 aromatic heterocycles. The van der Waals surface area contributed by atoms with E-state index in [9.17, 15) is 20.0 Å². The molecule has 7 nitrogen and oxygen atoms in total. The maximum atomic E-state index is 11.8. The number of amides is 1. The predicted molar refractivity (Wildman–Crippen MR) is 89.3 cm³/mol. The smallest absolute Gasteiger partial charge is 0.270 e. The van der Waals surface area contributed by atoms with Gasteiger partial charge in [0.15, 0.2) is 0 Å². The fourth-order valence-electron chi connectivity index (χ4n) is 2.77. The number of nitrogens with two attached hydrogens (primary N) is 1. The van der Waals surface area contributed by atoms with Crippen LogP contribution in [0.3, 0.4) is 0 Å². The van der Waals surface area contributed by atoms with Crippen LogP contribution < -0.4 is 10.8 Å². The highest BCUT2D eigenvalue weighted by Gasteiger charge is 2.23. The van der Waals surface area contributed by atoms with Crippen LogP contribution in [0, 0.1) is 10.1 Å². The molecular weight excluding hydrogens is 330 g/mol. The highest BCUT2D eigenvalue weighted by atomic mass is 32.1. The summed E-state index contributed by atoms with van der Waals surface area (Å²) >= 11 is 1.39. The molecule has 24 heavy (non-hydrogen) atoms. The molecule has 8 heteroatoms. The average molecular weight is 344 g/mol. The molecule has 0 spiro atoms. The molecule has 1 aromatic carbocycles. The van der Waals surface area contributed by atoms with Gasteiger partial charge in [0.25, 0.3) is 11.6 Å². The topological polar surface area (TPSA) is 122 Å². The number of aliphatic imine (C=N–C) groups is 1. The summed E-state index contributed by atoms with van der Waals surface area (Å²) < 4.78 is 0. The minimum Gasteiger partial charge on any atom is -0.872 e. The standard InChI is InChI=1S/C16H15N3O4S/c17-15(21)14-11-3-1-2-4-13(11)24-16(14)18-8-9-7-10(19(22)23)5-6-12(9)20/h5-8,20H,1-4H2,(H2,17,21)/p-1. The van der Waals surface area contributed by atoms with Gasteiger partial charge in [0.1, 0.15) is 5.00 Å². The first-order valence-corrected chi connectivity index (χ1v) is 8.23. The molecule has 0 unspecified atom stereocenters. The number of benzene rings is 1. The van der Waals surface area contributed by atoms with Crippen molar-refractivity contribution >= 4 is 34.1 Å². The van der Waals surface area contributed by atoms with Crippen LogP contribution in [0.1, 0.15) is 39.2 Å². The quantitative estimate of drug-likeness (QED) is 0.520. The lowest BCUT2D eigenvalue weighted by Gasteiger charge is -2.10. The Balaban J connectivity index is 2.01. The fraction of sp³-hybridized carbons (Fsp3) is 0.250. The summed E-state index contributed by atoms with van der Waals surface area (Å²) in [6.07, 6.45) is 5.01. The van der Waals surface area contributed by atoms with Crippen LogP contribution in [-0.2, 0) is 12.8 Å². The number of hydrogen-bond acceptors (Lipinski definition) is 6. The van der Waals surface area contributed by atoms with E-state index >= 15 is 0 Å². The van der Waals surface area contributed by atoms with Gasteiger partial charge in [-0.25, -0.2) is 4.99 Å². The van der Waals surface area contributed by atoms with E-state index in [1.807, 2.05) is 0 Å². The first-order chi connectivity index (χ1) is 11.5. The molecular formula is C16H14N3O4S-. The molecule has 2 N–H and O–H groups in total.